The van der Waals surface area contributed by atoms with Crippen molar-refractivity contribution in [3.05, 3.63) is 88.4 Å². The molecule has 3 aromatic carbocycles. The summed E-state index contributed by atoms with van der Waals surface area (Å²) >= 11 is 5.79. The number of esters is 1. The van der Waals surface area contributed by atoms with E-state index in [1.807, 2.05) is 0 Å². The number of hydrazone groups is 1. The molecule has 35 heavy (non-hydrogen) atoms. The van der Waals surface area contributed by atoms with Gasteiger partial charge in [0.05, 0.1) is 32.5 Å². The molecule has 0 radical (unpaired) electrons. The minimum absolute atomic E-state index is 0.246. The SMILES string of the molecule is COc1ccc(C(=O)Oc2ccc(C=NNC(=O)CNC(=O)c3ccc(Cl)cc3)cc2)cc1OC. The molecule has 0 aliphatic rings. The number of hydrogen-bond acceptors (Lipinski definition) is 7. The topological polar surface area (TPSA) is 115 Å². The third-order valence-corrected chi connectivity index (χ3v) is 4.88. The monoisotopic (exact) mass is 495 g/mol. The molecule has 180 valence electrons. The van der Waals surface area contributed by atoms with Crippen LogP contribution in [0, 0.1) is 0 Å². The molecule has 9 nitrogen and oxygen atoms in total. The number of nitrogens with zero attached hydrogens (tertiary/aromatic N) is 1. The van der Waals surface area contributed by atoms with Crippen molar-refractivity contribution in [2.24, 2.45) is 5.10 Å². The fraction of sp³-hybridized carbons (Fsp3) is 0.120. The van der Waals surface area contributed by atoms with Crippen molar-refractivity contribution in [3.63, 3.8) is 0 Å². The summed E-state index contributed by atoms with van der Waals surface area (Å²) in [4.78, 5) is 36.3. The van der Waals surface area contributed by atoms with Crippen molar-refractivity contribution >= 4 is 35.6 Å². The first-order chi connectivity index (χ1) is 16.9. The first-order valence-corrected chi connectivity index (χ1v) is 10.7. The van der Waals surface area contributed by atoms with Crippen LogP contribution in [0.3, 0.4) is 0 Å². The average molecular weight is 496 g/mol. The Morgan fingerprint density at radius 1 is 0.886 bits per heavy atom. The highest BCUT2D eigenvalue weighted by Gasteiger charge is 2.13. The van der Waals surface area contributed by atoms with Gasteiger partial charge in [-0.15, -0.1) is 0 Å². The standard InChI is InChI=1S/C25H22ClN3O6/c1-33-21-12-7-18(13-22(21)34-2)25(32)35-20-10-3-16(4-11-20)14-28-29-23(30)15-27-24(31)17-5-8-19(26)9-6-17/h3-14H,15H2,1-2H3,(H,27,31)(H,29,30). The number of carbonyl (C=O) groups is 3. The van der Waals surface area contributed by atoms with Crippen molar-refractivity contribution in [2.75, 3.05) is 20.8 Å². The van der Waals surface area contributed by atoms with Crippen molar-refractivity contribution in [1.82, 2.24) is 10.7 Å². The number of halogens is 1. The van der Waals surface area contributed by atoms with E-state index in [1.165, 1.54) is 26.5 Å². The predicted molar refractivity (Wildman–Crippen MR) is 130 cm³/mol. The van der Waals surface area contributed by atoms with E-state index in [0.29, 0.717) is 39.0 Å². The Hall–Kier alpha value is -4.37. The predicted octanol–water partition coefficient (Wildman–Crippen LogP) is 3.46. The molecule has 3 rings (SSSR count). The molecule has 0 fully saturated rings. The van der Waals surface area contributed by atoms with E-state index in [4.69, 9.17) is 25.8 Å². The first-order valence-electron chi connectivity index (χ1n) is 10.3. The summed E-state index contributed by atoms with van der Waals surface area (Å²) in [6.07, 6.45) is 1.42. The van der Waals surface area contributed by atoms with Gasteiger partial charge in [0.15, 0.2) is 11.5 Å². The van der Waals surface area contributed by atoms with Crippen LogP contribution >= 0.6 is 11.6 Å². The van der Waals surface area contributed by atoms with Crippen molar-refractivity contribution in [1.29, 1.82) is 0 Å². The fourth-order valence-corrected chi connectivity index (χ4v) is 2.96. The number of methoxy groups -OCH3 is 2. The third-order valence-electron chi connectivity index (χ3n) is 4.63. The van der Waals surface area contributed by atoms with Crippen LogP contribution in [0.15, 0.2) is 71.8 Å². The molecule has 10 heteroatoms. The van der Waals surface area contributed by atoms with Crippen LogP contribution < -0.4 is 25.0 Å². The molecule has 3 aromatic rings. The van der Waals surface area contributed by atoms with Crippen LogP contribution in [0.5, 0.6) is 17.2 Å². The summed E-state index contributed by atoms with van der Waals surface area (Å²) in [7, 11) is 2.99. The van der Waals surface area contributed by atoms with Crippen LogP contribution in [-0.2, 0) is 4.79 Å². The zero-order valence-electron chi connectivity index (χ0n) is 18.9. The van der Waals surface area contributed by atoms with Crippen molar-refractivity contribution in [3.8, 4) is 17.2 Å². The zero-order valence-corrected chi connectivity index (χ0v) is 19.7. The highest BCUT2D eigenvalue weighted by Crippen LogP contribution is 2.28. The van der Waals surface area contributed by atoms with Gasteiger partial charge in [-0.2, -0.15) is 5.10 Å². The molecule has 0 atom stereocenters. The molecule has 0 aromatic heterocycles. The number of benzene rings is 3. The average Bonchev–Trinajstić information content (AvgIpc) is 2.88. The lowest BCUT2D eigenvalue weighted by molar-refractivity contribution is -0.120. The molecule has 0 heterocycles. The highest BCUT2D eigenvalue weighted by molar-refractivity contribution is 6.30. The molecular formula is C25H22ClN3O6. The smallest absolute Gasteiger partial charge is 0.343 e. The van der Waals surface area contributed by atoms with Gasteiger partial charge in [0.2, 0.25) is 0 Å². The molecule has 2 N–H and O–H groups in total. The van der Waals surface area contributed by atoms with E-state index in [0.717, 1.165) is 0 Å². The van der Waals surface area contributed by atoms with Crippen LogP contribution in [0.25, 0.3) is 0 Å². The Kier molecular flexibility index (Phi) is 8.80. The molecule has 0 aliphatic carbocycles. The number of hydrogen-bond donors (Lipinski definition) is 2. The van der Waals surface area contributed by atoms with Crippen molar-refractivity contribution in [2.45, 2.75) is 0 Å². The van der Waals surface area contributed by atoms with Crippen LogP contribution in [0.4, 0.5) is 0 Å². The number of nitrogens with one attached hydrogen (secondary N) is 2. The van der Waals surface area contributed by atoms with E-state index in [9.17, 15) is 14.4 Å². The maximum atomic E-state index is 12.4. The number of carbonyl (C=O) groups excluding carboxylic acids is 3. The lowest BCUT2D eigenvalue weighted by atomic mass is 10.2. The van der Waals surface area contributed by atoms with Crippen LogP contribution in [0.2, 0.25) is 5.02 Å². The third kappa shape index (κ3) is 7.31. The summed E-state index contributed by atoms with van der Waals surface area (Å²) in [5, 5.41) is 6.85. The quantitative estimate of drug-likeness (QED) is 0.203. The first kappa shape index (κ1) is 25.3. The zero-order chi connectivity index (χ0) is 25.2. The van der Waals surface area contributed by atoms with Crippen LogP contribution in [0.1, 0.15) is 26.3 Å². The van der Waals surface area contributed by atoms with E-state index in [2.05, 4.69) is 15.8 Å². The molecule has 0 aliphatic heterocycles. The second kappa shape index (κ2) is 12.2. The van der Waals surface area contributed by atoms with E-state index < -0.39 is 17.8 Å². The second-order valence-electron chi connectivity index (χ2n) is 7.01. The molecule has 0 saturated heterocycles. The largest absolute Gasteiger partial charge is 0.493 e. The Bertz CT molecular complexity index is 1230. The Labute approximate surface area is 206 Å². The lowest BCUT2D eigenvalue weighted by Crippen LogP contribution is -2.34. The van der Waals surface area contributed by atoms with Gasteiger partial charge in [0.1, 0.15) is 5.75 Å². The molecule has 0 spiro atoms. The van der Waals surface area contributed by atoms with Gasteiger partial charge < -0.3 is 19.5 Å². The molecule has 0 saturated carbocycles. The summed E-state index contributed by atoms with van der Waals surface area (Å²) < 4.78 is 15.7. The van der Waals surface area contributed by atoms with E-state index in [-0.39, 0.29) is 6.54 Å². The van der Waals surface area contributed by atoms with E-state index in [1.54, 1.807) is 60.7 Å². The summed E-state index contributed by atoms with van der Waals surface area (Å²) in [5.41, 5.74) is 3.67. The van der Waals surface area contributed by atoms with Crippen LogP contribution in [-0.4, -0.2) is 44.8 Å². The normalized spacial score (nSPS) is 10.5. The van der Waals surface area contributed by atoms with Gasteiger partial charge in [0.25, 0.3) is 11.8 Å². The second-order valence-corrected chi connectivity index (χ2v) is 7.45. The molecule has 2 amide bonds. The Morgan fingerprint density at radius 3 is 2.20 bits per heavy atom. The van der Waals surface area contributed by atoms with Gasteiger partial charge >= 0.3 is 5.97 Å². The number of ether oxygens (including phenoxy) is 3. The lowest BCUT2D eigenvalue weighted by Gasteiger charge is -2.09. The highest BCUT2D eigenvalue weighted by atomic mass is 35.5. The van der Waals surface area contributed by atoms with Gasteiger partial charge in [-0.3, -0.25) is 9.59 Å². The summed E-state index contributed by atoms with van der Waals surface area (Å²) in [6.45, 7) is -0.246. The Morgan fingerprint density at radius 2 is 1.54 bits per heavy atom. The minimum atomic E-state index is -0.555. The number of amides is 2. The van der Waals surface area contributed by atoms with Gasteiger partial charge in [-0.25, -0.2) is 10.2 Å². The molecule has 0 bridgehead atoms. The minimum Gasteiger partial charge on any atom is -0.493 e. The maximum Gasteiger partial charge on any atom is 0.343 e. The van der Waals surface area contributed by atoms with Gasteiger partial charge in [-0.1, -0.05) is 11.6 Å². The number of rotatable bonds is 9. The maximum absolute atomic E-state index is 12.4. The van der Waals surface area contributed by atoms with E-state index >= 15 is 0 Å². The van der Waals surface area contributed by atoms with Gasteiger partial charge in [-0.05, 0) is 72.3 Å². The fourth-order valence-electron chi connectivity index (χ4n) is 2.83. The molecular weight excluding hydrogens is 474 g/mol. The molecule has 0 unspecified atom stereocenters. The van der Waals surface area contributed by atoms with Gasteiger partial charge in [0, 0.05) is 10.6 Å². The Balaban J connectivity index is 1.47. The summed E-state index contributed by atoms with van der Waals surface area (Å²) in [5.74, 6) is -0.206. The summed E-state index contributed by atoms with van der Waals surface area (Å²) in [6, 6.07) is 17.5. The van der Waals surface area contributed by atoms with Crippen molar-refractivity contribution < 1.29 is 28.6 Å².